The van der Waals surface area contributed by atoms with E-state index in [1.807, 2.05) is 0 Å². The van der Waals surface area contributed by atoms with E-state index in [0.29, 0.717) is 22.6 Å². The van der Waals surface area contributed by atoms with E-state index in [-0.39, 0.29) is 16.5 Å². The van der Waals surface area contributed by atoms with E-state index >= 15 is 0 Å². The molecule has 5 N–H and O–H groups in total. The Balaban J connectivity index is 1.60. The standard InChI is InChI=1S/C19H18N4O4S2/c20-19(25)22-16-4-1-3-15(12-16)21-17(24)11-13-6-8-14(9-7-13)23-29(26,27)18-5-2-10-28-18/h1-10,12,23H,11H2,(H,21,24)(H3,20,22,25). The van der Waals surface area contributed by atoms with Crippen LogP contribution in [0.5, 0.6) is 0 Å². The van der Waals surface area contributed by atoms with Crippen LogP contribution in [0.1, 0.15) is 5.56 Å². The van der Waals surface area contributed by atoms with Gasteiger partial charge in [-0.15, -0.1) is 11.3 Å². The maximum Gasteiger partial charge on any atom is 0.316 e. The average molecular weight is 431 g/mol. The number of thiophene rings is 1. The summed E-state index contributed by atoms with van der Waals surface area (Å²) in [5, 5.41) is 6.86. The minimum Gasteiger partial charge on any atom is -0.351 e. The van der Waals surface area contributed by atoms with Crippen molar-refractivity contribution in [2.75, 3.05) is 15.4 Å². The summed E-state index contributed by atoms with van der Waals surface area (Å²) in [5.74, 6) is -0.256. The molecule has 2 aromatic carbocycles. The highest BCUT2D eigenvalue weighted by Crippen LogP contribution is 2.21. The largest absolute Gasteiger partial charge is 0.351 e. The summed E-state index contributed by atoms with van der Waals surface area (Å²) in [6.45, 7) is 0. The Bertz CT molecular complexity index is 1110. The summed E-state index contributed by atoms with van der Waals surface area (Å²) in [6, 6.07) is 15.7. The molecular weight excluding hydrogens is 412 g/mol. The molecule has 150 valence electrons. The fraction of sp³-hybridized carbons (Fsp3) is 0.0526. The first-order chi connectivity index (χ1) is 13.8. The van der Waals surface area contributed by atoms with E-state index in [1.54, 1.807) is 60.0 Å². The maximum absolute atomic E-state index is 12.3. The number of carbonyl (C=O) groups excluding carboxylic acids is 2. The first-order valence-electron chi connectivity index (χ1n) is 8.43. The number of benzene rings is 2. The summed E-state index contributed by atoms with van der Waals surface area (Å²) >= 11 is 1.13. The highest BCUT2D eigenvalue weighted by molar-refractivity contribution is 7.94. The molecule has 0 atom stereocenters. The van der Waals surface area contributed by atoms with Gasteiger partial charge in [-0.25, -0.2) is 13.2 Å². The number of nitrogens with one attached hydrogen (secondary N) is 3. The molecule has 0 saturated carbocycles. The molecule has 0 radical (unpaired) electrons. The van der Waals surface area contributed by atoms with E-state index in [9.17, 15) is 18.0 Å². The quantitative estimate of drug-likeness (QED) is 0.458. The van der Waals surface area contributed by atoms with Crippen molar-refractivity contribution in [2.24, 2.45) is 5.73 Å². The van der Waals surface area contributed by atoms with E-state index in [0.717, 1.165) is 11.3 Å². The lowest BCUT2D eigenvalue weighted by Gasteiger charge is -2.09. The third-order valence-corrected chi connectivity index (χ3v) is 6.52. The van der Waals surface area contributed by atoms with Gasteiger partial charge in [0.1, 0.15) is 4.21 Å². The van der Waals surface area contributed by atoms with E-state index in [4.69, 9.17) is 5.73 Å². The number of anilines is 3. The number of amides is 3. The van der Waals surface area contributed by atoms with Crippen LogP contribution in [0, 0.1) is 0 Å². The molecule has 1 heterocycles. The number of rotatable bonds is 7. The van der Waals surface area contributed by atoms with E-state index in [1.165, 1.54) is 6.07 Å². The van der Waals surface area contributed by atoms with Crippen molar-refractivity contribution in [2.45, 2.75) is 10.6 Å². The van der Waals surface area contributed by atoms with Gasteiger partial charge < -0.3 is 16.4 Å². The highest BCUT2D eigenvalue weighted by Gasteiger charge is 2.15. The molecule has 0 unspecified atom stereocenters. The Hall–Kier alpha value is -3.37. The van der Waals surface area contributed by atoms with Crippen molar-refractivity contribution in [1.29, 1.82) is 0 Å². The van der Waals surface area contributed by atoms with E-state index in [2.05, 4.69) is 15.4 Å². The summed E-state index contributed by atoms with van der Waals surface area (Å²) in [7, 11) is -3.61. The van der Waals surface area contributed by atoms with Gasteiger partial charge in [0.2, 0.25) is 5.91 Å². The van der Waals surface area contributed by atoms with Crippen LogP contribution in [0.3, 0.4) is 0 Å². The normalized spacial score (nSPS) is 10.9. The zero-order valence-corrected chi connectivity index (χ0v) is 16.7. The van der Waals surface area contributed by atoms with E-state index < -0.39 is 16.1 Å². The molecule has 10 heteroatoms. The lowest BCUT2D eigenvalue weighted by Crippen LogP contribution is -2.19. The van der Waals surface area contributed by atoms with Crippen LogP contribution >= 0.6 is 11.3 Å². The SMILES string of the molecule is NC(=O)Nc1cccc(NC(=O)Cc2ccc(NS(=O)(=O)c3cccs3)cc2)c1. The van der Waals surface area contributed by atoms with Crippen molar-refractivity contribution < 1.29 is 18.0 Å². The molecule has 0 aliphatic rings. The second-order valence-electron chi connectivity index (χ2n) is 6.03. The molecule has 0 saturated heterocycles. The number of primary amides is 1. The zero-order chi connectivity index (χ0) is 20.9. The summed E-state index contributed by atoms with van der Waals surface area (Å²) in [4.78, 5) is 23.2. The van der Waals surface area contributed by atoms with Crippen LogP contribution in [0.25, 0.3) is 0 Å². The summed E-state index contributed by atoms with van der Waals surface area (Å²) in [6.07, 6.45) is 0.103. The number of nitrogens with two attached hydrogens (primary N) is 1. The van der Waals surface area contributed by atoms with Crippen molar-refractivity contribution in [1.82, 2.24) is 0 Å². The van der Waals surface area contributed by atoms with Gasteiger partial charge >= 0.3 is 6.03 Å². The fourth-order valence-electron chi connectivity index (χ4n) is 2.52. The molecule has 0 aliphatic heterocycles. The predicted molar refractivity (Wildman–Crippen MR) is 114 cm³/mol. The average Bonchev–Trinajstić information content (AvgIpc) is 3.18. The number of hydrogen-bond acceptors (Lipinski definition) is 5. The Morgan fingerprint density at radius 1 is 0.897 bits per heavy atom. The molecule has 29 heavy (non-hydrogen) atoms. The third kappa shape index (κ3) is 5.80. The maximum atomic E-state index is 12.3. The number of urea groups is 1. The second-order valence-corrected chi connectivity index (χ2v) is 8.89. The third-order valence-electron chi connectivity index (χ3n) is 3.74. The molecule has 0 bridgehead atoms. The van der Waals surface area contributed by atoms with Crippen molar-refractivity contribution in [3.63, 3.8) is 0 Å². The lowest BCUT2D eigenvalue weighted by molar-refractivity contribution is -0.115. The molecular formula is C19H18N4O4S2. The smallest absolute Gasteiger partial charge is 0.316 e. The second kappa shape index (κ2) is 8.76. The molecule has 8 nitrogen and oxygen atoms in total. The van der Waals surface area contributed by atoms with Crippen LogP contribution in [0.4, 0.5) is 21.9 Å². The topological polar surface area (TPSA) is 130 Å². The fourth-order valence-corrected chi connectivity index (χ4v) is 4.57. The van der Waals surface area contributed by atoms with Gasteiger partial charge in [0.25, 0.3) is 10.0 Å². The van der Waals surface area contributed by atoms with Gasteiger partial charge in [-0.05, 0) is 47.3 Å². The summed E-state index contributed by atoms with van der Waals surface area (Å²) in [5.41, 5.74) is 7.19. The van der Waals surface area contributed by atoms with Crippen LogP contribution in [-0.2, 0) is 21.2 Å². The Morgan fingerprint density at radius 3 is 2.21 bits per heavy atom. The molecule has 0 spiro atoms. The van der Waals surface area contributed by atoms with Gasteiger partial charge in [0, 0.05) is 17.1 Å². The number of sulfonamides is 1. The highest BCUT2D eigenvalue weighted by atomic mass is 32.2. The Kier molecular flexibility index (Phi) is 6.15. The molecule has 0 fully saturated rings. The Morgan fingerprint density at radius 2 is 1.59 bits per heavy atom. The monoisotopic (exact) mass is 430 g/mol. The van der Waals surface area contributed by atoms with Gasteiger partial charge in [-0.1, -0.05) is 24.3 Å². The molecule has 3 aromatic rings. The lowest BCUT2D eigenvalue weighted by atomic mass is 10.1. The van der Waals surface area contributed by atoms with Crippen molar-refractivity contribution >= 4 is 50.4 Å². The minimum atomic E-state index is -3.61. The minimum absolute atomic E-state index is 0.103. The number of hydrogen-bond donors (Lipinski definition) is 4. The first-order valence-corrected chi connectivity index (χ1v) is 10.8. The van der Waals surface area contributed by atoms with Gasteiger partial charge in [0.15, 0.2) is 0 Å². The molecule has 0 aliphatic carbocycles. The van der Waals surface area contributed by atoms with Crippen LogP contribution in [0.15, 0.2) is 70.3 Å². The molecule has 1 aromatic heterocycles. The Labute approximate surface area is 171 Å². The predicted octanol–water partition coefficient (Wildman–Crippen LogP) is 3.22. The van der Waals surface area contributed by atoms with Gasteiger partial charge in [-0.2, -0.15) is 0 Å². The molecule has 3 rings (SSSR count). The van der Waals surface area contributed by atoms with Gasteiger partial charge in [0.05, 0.1) is 6.42 Å². The van der Waals surface area contributed by atoms with Crippen molar-refractivity contribution in [3.8, 4) is 0 Å². The molecule has 3 amide bonds. The van der Waals surface area contributed by atoms with Gasteiger partial charge in [-0.3, -0.25) is 9.52 Å². The van der Waals surface area contributed by atoms with Crippen LogP contribution in [0.2, 0.25) is 0 Å². The summed E-state index contributed by atoms with van der Waals surface area (Å²) < 4.78 is 27.2. The van der Waals surface area contributed by atoms with Crippen molar-refractivity contribution in [3.05, 3.63) is 71.6 Å². The van der Waals surface area contributed by atoms with Crippen LogP contribution in [-0.4, -0.2) is 20.4 Å². The number of carbonyl (C=O) groups is 2. The first kappa shape index (κ1) is 20.4. The van der Waals surface area contributed by atoms with Crippen LogP contribution < -0.4 is 21.1 Å². The zero-order valence-electron chi connectivity index (χ0n) is 15.1.